The summed E-state index contributed by atoms with van der Waals surface area (Å²) in [6, 6.07) is 7.08. The van der Waals surface area contributed by atoms with E-state index in [0.717, 1.165) is 5.56 Å². The van der Waals surface area contributed by atoms with Gasteiger partial charge in [-0.2, -0.15) is 0 Å². The molecular formula is C15H18N2O2. The molecule has 1 aromatic rings. The molecule has 1 aromatic carbocycles. The van der Waals surface area contributed by atoms with E-state index in [9.17, 15) is 9.59 Å². The molecule has 1 rings (SSSR count). The summed E-state index contributed by atoms with van der Waals surface area (Å²) in [5.74, 6) is -0.215. The van der Waals surface area contributed by atoms with Crippen molar-refractivity contribution in [1.29, 1.82) is 0 Å². The van der Waals surface area contributed by atoms with E-state index in [0.29, 0.717) is 12.1 Å². The fraction of sp³-hybridized carbons (Fsp3) is 0.200. The molecule has 0 atom stereocenters. The Morgan fingerprint density at radius 3 is 2.42 bits per heavy atom. The standard InChI is InChI=1S/C15H18N2O2/c1-4-11-16-14(18)10-7-12-5-8-13(9-6-12)15(19)17(2)3/h4-10H,1,11H2,2-3H3,(H,16,18)/b10-7+. The van der Waals surface area contributed by atoms with Crippen LogP contribution in [0.5, 0.6) is 0 Å². The zero-order valence-corrected chi connectivity index (χ0v) is 11.2. The quantitative estimate of drug-likeness (QED) is 0.645. The summed E-state index contributed by atoms with van der Waals surface area (Å²) < 4.78 is 0. The Labute approximate surface area is 113 Å². The molecule has 0 aliphatic heterocycles. The summed E-state index contributed by atoms with van der Waals surface area (Å²) in [7, 11) is 3.42. The van der Waals surface area contributed by atoms with E-state index in [1.165, 1.54) is 11.0 Å². The minimum absolute atomic E-state index is 0.0424. The number of benzene rings is 1. The molecule has 2 amide bonds. The number of rotatable bonds is 5. The summed E-state index contributed by atoms with van der Waals surface area (Å²) in [5, 5.41) is 2.64. The Kier molecular flexibility index (Phi) is 5.54. The molecule has 19 heavy (non-hydrogen) atoms. The first-order valence-corrected chi connectivity index (χ1v) is 5.93. The fourth-order valence-corrected chi connectivity index (χ4v) is 1.40. The number of carbonyl (C=O) groups is 2. The van der Waals surface area contributed by atoms with Crippen LogP contribution >= 0.6 is 0 Å². The van der Waals surface area contributed by atoms with Gasteiger partial charge in [-0.1, -0.05) is 18.2 Å². The van der Waals surface area contributed by atoms with Crippen LogP contribution in [0.4, 0.5) is 0 Å². The van der Waals surface area contributed by atoms with Crippen molar-refractivity contribution >= 4 is 17.9 Å². The summed E-state index contributed by atoms with van der Waals surface area (Å²) >= 11 is 0. The van der Waals surface area contributed by atoms with Gasteiger partial charge in [-0.3, -0.25) is 9.59 Å². The Balaban J connectivity index is 2.67. The minimum atomic E-state index is -0.173. The topological polar surface area (TPSA) is 49.4 Å². The first-order valence-electron chi connectivity index (χ1n) is 5.93. The van der Waals surface area contributed by atoms with E-state index < -0.39 is 0 Å². The highest BCUT2D eigenvalue weighted by atomic mass is 16.2. The zero-order chi connectivity index (χ0) is 14.3. The molecule has 4 heteroatoms. The van der Waals surface area contributed by atoms with Crippen LogP contribution in [-0.4, -0.2) is 37.4 Å². The summed E-state index contributed by atoms with van der Waals surface area (Å²) in [4.78, 5) is 24.5. The van der Waals surface area contributed by atoms with Gasteiger partial charge in [-0.25, -0.2) is 0 Å². The number of hydrogen-bond donors (Lipinski definition) is 1. The highest BCUT2D eigenvalue weighted by molar-refractivity contribution is 5.94. The third-order valence-electron chi connectivity index (χ3n) is 2.41. The number of nitrogens with one attached hydrogen (secondary N) is 1. The van der Waals surface area contributed by atoms with Gasteiger partial charge in [0.15, 0.2) is 0 Å². The molecule has 0 saturated carbocycles. The lowest BCUT2D eigenvalue weighted by molar-refractivity contribution is -0.116. The van der Waals surface area contributed by atoms with Gasteiger partial charge in [0.05, 0.1) is 0 Å². The van der Waals surface area contributed by atoms with Crippen LogP contribution in [0.2, 0.25) is 0 Å². The van der Waals surface area contributed by atoms with Gasteiger partial charge in [-0.15, -0.1) is 6.58 Å². The maximum Gasteiger partial charge on any atom is 0.253 e. The molecule has 0 aliphatic rings. The molecule has 0 unspecified atom stereocenters. The molecule has 0 aliphatic carbocycles. The lowest BCUT2D eigenvalue weighted by Gasteiger charge is -2.09. The molecule has 0 spiro atoms. The number of hydrogen-bond acceptors (Lipinski definition) is 2. The summed E-state index contributed by atoms with van der Waals surface area (Å²) in [6.45, 7) is 3.96. The monoisotopic (exact) mass is 258 g/mol. The average molecular weight is 258 g/mol. The molecular weight excluding hydrogens is 240 g/mol. The second-order valence-electron chi connectivity index (χ2n) is 4.19. The second-order valence-corrected chi connectivity index (χ2v) is 4.19. The minimum Gasteiger partial charge on any atom is -0.349 e. The van der Waals surface area contributed by atoms with E-state index in [1.807, 2.05) is 0 Å². The summed E-state index contributed by atoms with van der Waals surface area (Å²) in [6.07, 6.45) is 4.77. The predicted octanol–water partition coefficient (Wildman–Crippen LogP) is 1.70. The van der Waals surface area contributed by atoms with Gasteiger partial charge in [0, 0.05) is 32.3 Å². The van der Waals surface area contributed by atoms with Gasteiger partial charge in [0.1, 0.15) is 0 Å². The van der Waals surface area contributed by atoms with E-state index in [4.69, 9.17) is 0 Å². The molecule has 0 bridgehead atoms. The van der Waals surface area contributed by atoms with Gasteiger partial charge >= 0.3 is 0 Å². The lowest BCUT2D eigenvalue weighted by atomic mass is 10.1. The van der Waals surface area contributed by atoms with Crippen LogP contribution in [0.1, 0.15) is 15.9 Å². The van der Waals surface area contributed by atoms with E-state index in [1.54, 1.807) is 50.5 Å². The molecule has 0 radical (unpaired) electrons. The smallest absolute Gasteiger partial charge is 0.253 e. The third-order valence-corrected chi connectivity index (χ3v) is 2.41. The Morgan fingerprint density at radius 2 is 1.89 bits per heavy atom. The number of amides is 2. The Morgan fingerprint density at radius 1 is 1.26 bits per heavy atom. The first-order chi connectivity index (χ1) is 9.04. The third kappa shape index (κ3) is 4.79. The van der Waals surface area contributed by atoms with Crippen molar-refractivity contribution in [2.24, 2.45) is 0 Å². The van der Waals surface area contributed by atoms with Crippen molar-refractivity contribution in [3.8, 4) is 0 Å². The zero-order valence-electron chi connectivity index (χ0n) is 11.2. The fourth-order valence-electron chi connectivity index (χ4n) is 1.40. The highest BCUT2D eigenvalue weighted by Gasteiger charge is 2.06. The van der Waals surface area contributed by atoms with E-state index in [2.05, 4.69) is 11.9 Å². The van der Waals surface area contributed by atoms with Crippen LogP contribution in [0, 0.1) is 0 Å². The number of carbonyl (C=O) groups excluding carboxylic acids is 2. The number of nitrogens with zero attached hydrogens (tertiary/aromatic N) is 1. The SMILES string of the molecule is C=CCNC(=O)/C=C/c1ccc(C(=O)N(C)C)cc1. The van der Waals surface area contributed by atoms with Crippen molar-refractivity contribution in [3.05, 3.63) is 54.1 Å². The Bertz CT molecular complexity index is 487. The molecule has 4 nitrogen and oxygen atoms in total. The molecule has 0 saturated heterocycles. The van der Waals surface area contributed by atoms with Gasteiger partial charge in [0.25, 0.3) is 5.91 Å². The van der Waals surface area contributed by atoms with Crippen LogP contribution in [0.15, 0.2) is 43.0 Å². The van der Waals surface area contributed by atoms with E-state index in [-0.39, 0.29) is 11.8 Å². The van der Waals surface area contributed by atoms with Gasteiger partial charge < -0.3 is 10.2 Å². The lowest BCUT2D eigenvalue weighted by Crippen LogP contribution is -2.21. The molecule has 0 heterocycles. The average Bonchev–Trinajstić information content (AvgIpc) is 2.42. The van der Waals surface area contributed by atoms with Crippen LogP contribution in [-0.2, 0) is 4.79 Å². The van der Waals surface area contributed by atoms with E-state index >= 15 is 0 Å². The predicted molar refractivity (Wildman–Crippen MR) is 76.7 cm³/mol. The van der Waals surface area contributed by atoms with Crippen molar-refractivity contribution in [1.82, 2.24) is 10.2 Å². The van der Waals surface area contributed by atoms with Gasteiger partial charge in [-0.05, 0) is 23.8 Å². The van der Waals surface area contributed by atoms with Gasteiger partial charge in [0.2, 0.25) is 5.91 Å². The van der Waals surface area contributed by atoms with Crippen molar-refractivity contribution in [3.63, 3.8) is 0 Å². The van der Waals surface area contributed by atoms with Crippen LogP contribution in [0.25, 0.3) is 6.08 Å². The normalized spacial score (nSPS) is 10.2. The van der Waals surface area contributed by atoms with Crippen molar-refractivity contribution in [2.75, 3.05) is 20.6 Å². The van der Waals surface area contributed by atoms with Crippen molar-refractivity contribution < 1.29 is 9.59 Å². The van der Waals surface area contributed by atoms with Crippen LogP contribution in [0.3, 0.4) is 0 Å². The maximum absolute atomic E-state index is 11.7. The molecule has 100 valence electrons. The summed E-state index contributed by atoms with van der Waals surface area (Å²) in [5.41, 5.74) is 1.49. The Hall–Kier alpha value is -2.36. The highest BCUT2D eigenvalue weighted by Crippen LogP contribution is 2.07. The molecule has 0 fully saturated rings. The maximum atomic E-state index is 11.7. The molecule has 0 aromatic heterocycles. The molecule has 1 N–H and O–H groups in total. The van der Waals surface area contributed by atoms with Crippen molar-refractivity contribution in [2.45, 2.75) is 0 Å². The largest absolute Gasteiger partial charge is 0.349 e. The second kappa shape index (κ2) is 7.16. The first kappa shape index (κ1) is 14.7. The van der Waals surface area contributed by atoms with Crippen LogP contribution < -0.4 is 5.32 Å².